The number of hydrogen-bond donors (Lipinski definition) is 1. The summed E-state index contributed by atoms with van der Waals surface area (Å²) in [6.07, 6.45) is 4.12. The molecule has 0 aliphatic heterocycles. The molecule has 2 heterocycles. The summed E-state index contributed by atoms with van der Waals surface area (Å²) in [5, 5.41) is 18.2. The van der Waals surface area contributed by atoms with Gasteiger partial charge in [-0.1, -0.05) is 6.07 Å². The number of rotatable bonds is 5. The van der Waals surface area contributed by atoms with E-state index in [0.717, 1.165) is 12.8 Å². The molecule has 1 fully saturated rings. The normalized spacial score (nSPS) is 14.2. The van der Waals surface area contributed by atoms with Gasteiger partial charge in [-0.25, -0.2) is 9.78 Å². The number of nitrogens with zero attached hydrogens (tertiary/aromatic N) is 4. The summed E-state index contributed by atoms with van der Waals surface area (Å²) in [6.45, 7) is 0.519. The van der Waals surface area contributed by atoms with Crippen LogP contribution in [0.3, 0.4) is 0 Å². The maximum absolute atomic E-state index is 11.6. The summed E-state index contributed by atoms with van der Waals surface area (Å²) in [6, 6.07) is 7.81. The molecular weight excluding hydrogens is 256 g/mol. The van der Waals surface area contributed by atoms with Crippen LogP contribution in [-0.4, -0.2) is 33.0 Å². The lowest BCUT2D eigenvalue weighted by molar-refractivity contribution is 0.0690. The van der Waals surface area contributed by atoms with Crippen LogP contribution in [0.1, 0.15) is 29.8 Å². The summed E-state index contributed by atoms with van der Waals surface area (Å²) in [5.74, 6) is -0.525. The van der Waals surface area contributed by atoms with E-state index in [2.05, 4.69) is 11.1 Å². The van der Waals surface area contributed by atoms with Gasteiger partial charge in [0.05, 0.1) is 12.5 Å². The van der Waals surface area contributed by atoms with E-state index in [1.165, 1.54) is 0 Å². The predicted octanol–water partition coefficient (Wildman–Crippen LogP) is 1.91. The number of fused-ring (bicyclic) bond motifs is 1. The van der Waals surface area contributed by atoms with Gasteiger partial charge in [0.2, 0.25) is 0 Å². The number of imidazole rings is 1. The first-order valence-electron chi connectivity index (χ1n) is 6.56. The van der Waals surface area contributed by atoms with E-state index in [0.29, 0.717) is 30.5 Å². The Balaban J connectivity index is 2.11. The molecule has 1 saturated carbocycles. The number of hydrogen-bond acceptors (Lipinski definition) is 4. The molecule has 1 aliphatic carbocycles. The third-order valence-corrected chi connectivity index (χ3v) is 3.44. The minimum atomic E-state index is -0.999. The molecule has 0 aromatic carbocycles. The van der Waals surface area contributed by atoms with E-state index in [9.17, 15) is 9.90 Å². The second-order valence-electron chi connectivity index (χ2n) is 4.85. The fourth-order valence-electron chi connectivity index (χ4n) is 2.40. The van der Waals surface area contributed by atoms with Gasteiger partial charge < -0.3 is 10.0 Å². The smallest absolute Gasteiger partial charge is 0.356 e. The van der Waals surface area contributed by atoms with Crippen molar-refractivity contribution in [3.05, 3.63) is 30.1 Å². The Bertz CT molecular complexity index is 697. The quantitative estimate of drug-likeness (QED) is 0.897. The highest BCUT2D eigenvalue weighted by Crippen LogP contribution is 2.33. The Hall–Kier alpha value is -2.55. The SMILES string of the molecule is N#CCCN(c1nc2ccccn2c1C(=O)O)C1CC1. The van der Waals surface area contributed by atoms with E-state index >= 15 is 0 Å². The molecular formula is C14H14N4O2. The van der Waals surface area contributed by atoms with Crippen LogP contribution in [0.4, 0.5) is 5.82 Å². The van der Waals surface area contributed by atoms with Crippen molar-refractivity contribution in [3.8, 4) is 6.07 Å². The lowest BCUT2D eigenvalue weighted by Crippen LogP contribution is -2.28. The number of anilines is 1. The Kier molecular flexibility index (Phi) is 3.03. The zero-order valence-electron chi connectivity index (χ0n) is 10.9. The molecule has 0 amide bonds. The average Bonchev–Trinajstić information content (AvgIpc) is 3.18. The van der Waals surface area contributed by atoms with Crippen LogP contribution in [0.25, 0.3) is 5.65 Å². The van der Waals surface area contributed by atoms with Gasteiger partial charge in [0.25, 0.3) is 0 Å². The van der Waals surface area contributed by atoms with Gasteiger partial charge in [0.1, 0.15) is 5.65 Å². The Morgan fingerprint density at radius 2 is 2.35 bits per heavy atom. The highest BCUT2D eigenvalue weighted by molar-refractivity contribution is 5.93. The number of nitriles is 1. The van der Waals surface area contributed by atoms with Crippen LogP contribution < -0.4 is 4.90 Å². The maximum Gasteiger partial charge on any atom is 0.356 e. The molecule has 2 aromatic heterocycles. The van der Waals surface area contributed by atoms with Gasteiger partial charge >= 0.3 is 5.97 Å². The highest BCUT2D eigenvalue weighted by atomic mass is 16.4. The molecule has 6 heteroatoms. The summed E-state index contributed by atoms with van der Waals surface area (Å²) in [4.78, 5) is 18.0. The number of carboxylic acids is 1. The van der Waals surface area contributed by atoms with Crippen LogP contribution in [0, 0.1) is 11.3 Å². The van der Waals surface area contributed by atoms with Gasteiger partial charge in [-0.15, -0.1) is 0 Å². The monoisotopic (exact) mass is 270 g/mol. The van der Waals surface area contributed by atoms with E-state index < -0.39 is 5.97 Å². The maximum atomic E-state index is 11.6. The molecule has 0 atom stereocenters. The highest BCUT2D eigenvalue weighted by Gasteiger charge is 2.33. The molecule has 2 aromatic rings. The molecule has 102 valence electrons. The third kappa shape index (κ3) is 2.07. The molecule has 0 bridgehead atoms. The number of pyridine rings is 1. The number of carbonyl (C=O) groups is 1. The standard InChI is InChI=1S/C14H14N4O2/c15-7-3-9-17(10-5-6-10)13-12(14(19)20)18-8-2-1-4-11(18)16-13/h1-2,4,8,10H,3,5-6,9H2,(H,19,20). The molecule has 1 N–H and O–H groups in total. The molecule has 1 aliphatic rings. The predicted molar refractivity (Wildman–Crippen MR) is 72.7 cm³/mol. The van der Waals surface area contributed by atoms with E-state index in [-0.39, 0.29) is 5.69 Å². The van der Waals surface area contributed by atoms with Crippen molar-refractivity contribution in [1.29, 1.82) is 5.26 Å². The largest absolute Gasteiger partial charge is 0.476 e. The van der Waals surface area contributed by atoms with Crippen molar-refractivity contribution in [2.45, 2.75) is 25.3 Å². The molecule has 0 spiro atoms. The first-order valence-corrected chi connectivity index (χ1v) is 6.56. The molecule has 20 heavy (non-hydrogen) atoms. The minimum absolute atomic E-state index is 0.172. The van der Waals surface area contributed by atoms with Crippen molar-refractivity contribution in [2.24, 2.45) is 0 Å². The molecule has 0 saturated heterocycles. The zero-order chi connectivity index (χ0) is 14.1. The Morgan fingerprint density at radius 1 is 1.55 bits per heavy atom. The molecule has 3 rings (SSSR count). The van der Waals surface area contributed by atoms with Crippen LogP contribution >= 0.6 is 0 Å². The molecule has 0 radical (unpaired) electrons. The zero-order valence-corrected chi connectivity index (χ0v) is 10.9. The molecule has 6 nitrogen and oxygen atoms in total. The average molecular weight is 270 g/mol. The second kappa shape index (κ2) is 4.85. The number of carboxylic acid groups (broad SMARTS) is 1. The second-order valence-corrected chi connectivity index (χ2v) is 4.85. The number of aromatic carboxylic acids is 1. The van der Waals surface area contributed by atoms with Crippen molar-refractivity contribution >= 4 is 17.4 Å². The van der Waals surface area contributed by atoms with Gasteiger partial charge in [0, 0.05) is 18.8 Å². The Labute approximate surface area is 115 Å². The van der Waals surface area contributed by atoms with E-state index in [1.807, 2.05) is 11.0 Å². The van der Waals surface area contributed by atoms with Crippen LogP contribution in [-0.2, 0) is 0 Å². The van der Waals surface area contributed by atoms with Gasteiger partial charge in [0.15, 0.2) is 11.5 Å². The van der Waals surface area contributed by atoms with E-state index in [1.54, 1.807) is 22.7 Å². The van der Waals surface area contributed by atoms with Gasteiger partial charge in [-0.05, 0) is 25.0 Å². The van der Waals surface area contributed by atoms with Crippen molar-refractivity contribution in [3.63, 3.8) is 0 Å². The lowest BCUT2D eigenvalue weighted by Gasteiger charge is -2.21. The summed E-state index contributed by atoms with van der Waals surface area (Å²) < 4.78 is 1.58. The first-order chi connectivity index (χ1) is 9.72. The van der Waals surface area contributed by atoms with Crippen molar-refractivity contribution < 1.29 is 9.90 Å². The first kappa shape index (κ1) is 12.5. The van der Waals surface area contributed by atoms with Crippen LogP contribution in [0.15, 0.2) is 24.4 Å². The fourth-order valence-corrected chi connectivity index (χ4v) is 2.40. The number of aromatic nitrogens is 2. The van der Waals surface area contributed by atoms with Crippen LogP contribution in [0.5, 0.6) is 0 Å². The fraction of sp³-hybridized carbons (Fsp3) is 0.357. The van der Waals surface area contributed by atoms with Gasteiger partial charge in [-0.3, -0.25) is 4.40 Å². The van der Waals surface area contributed by atoms with Crippen molar-refractivity contribution in [1.82, 2.24) is 9.38 Å². The van der Waals surface area contributed by atoms with Gasteiger partial charge in [-0.2, -0.15) is 5.26 Å². The summed E-state index contributed by atoms with van der Waals surface area (Å²) in [5.41, 5.74) is 0.785. The summed E-state index contributed by atoms with van der Waals surface area (Å²) in [7, 11) is 0. The van der Waals surface area contributed by atoms with E-state index in [4.69, 9.17) is 5.26 Å². The Morgan fingerprint density at radius 3 is 3.00 bits per heavy atom. The lowest BCUT2D eigenvalue weighted by atomic mass is 10.3. The minimum Gasteiger partial charge on any atom is -0.476 e. The van der Waals surface area contributed by atoms with Crippen molar-refractivity contribution in [2.75, 3.05) is 11.4 Å². The van der Waals surface area contributed by atoms with Crippen LogP contribution in [0.2, 0.25) is 0 Å². The summed E-state index contributed by atoms with van der Waals surface area (Å²) >= 11 is 0. The topological polar surface area (TPSA) is 81.6 Å². The molecule has 0 unspecified atom stereocenters. The third-order valence-electron chi connectivity index (χ3n) is 3.44.